The van der Waals surface area contributed by atoms with Crippen molar-refractivity contribution >= 4 is 17.3 Å². The van der Waals surface area contributed by atoms with Crippen LogP contribution in [0.25, 0.3) is 28.1 Å². The average Bonchev–Trinajstić information content (AvgIpc) is 3.38. The van der Waals surface area contributed by atoms with Gasteiger partial charge in [0, 0.05) is 63.5 Å². The van der Waals surface area contributed by atoms with Crippen molar-refractivity contribution in [3.8, 4) is 22.5 Å². The van der Waals surface area contributed by atoms with Crippen LogP contribution < -0.4 is 5.32 Å². The summed E-state index contributed by atoms with van der Waals surface area (Å²) in [5.74, 6) is 1.26. The van der Waals surface area contributed by atoms with Gasteiger partial charge in [0.25, 0.3) is 0 Å². The molecular formula is C28H30N8. The first kappa shape index (κ1) is 22.3. The van der Waals surface area contributed by atoms with Crippen molar-refractivity contribution in [3.05, 3.63) is 77.4 Å². The van der Waals surface area contributed by atoms with Gasteiger partial charge in [-0.25, -0.2) is 9.97 Å². The molecule has 8 heteroatoms. The minimum atomic E-state index is 0.539. The summed E-state index contributed by atoms with van der Waals surface area (Å²) in [5, 5.41) is 12.5. The maximum absolute atomic E-state index is 4.93. The summed E-state index contributed by atoms with van der Waals surface area (Å²) >= 11 is 0. The molecule has 6 rings (SSSR count). The van der Waals surface area contributed by atoms with Gasteiger partial charge in [-0.15, -0.1) is 0 Å². The molecule has 0 spiro atoms. The second-order valence-electron chi connectivity index (χ2n) is 9.74. The number of nitrogens with one attached hydrogen (secondary N) is 1. The first-order valence-electron chi connectivity index (χ1n) is 12.3. The predicted octanol–water partition coefficient (Wildman–Crippen LogP) is 4.74. The lowest BCUT2D eigenvalue weighted by molar-refractivity contribution is 0.464. The van der Waals surface area contributed by atoms with E-state index in [0.717, 1.165) is 65.4 Å². The fourth-order valence-electron chi connectivity index (χ4n) is 5.06. The standard InChI is InChI=1S/C28H30N8/c1-18-11-13-34(2)17-22(15-18)19-5-7-20(8-6-19)27-25-23(32-36(27)4)10-9-21-16-29-28(31-26(21)25)30-24-12-14-35(3)33-24/h5-8,12,14-17H,9-11,13H2,1-4H3,(H,29,30,31,33). The monoisotopic (exact) mass is 478 g/mol. The van der Waals surface area contributed by atoms with Crippen LogP contribution in [0.4, 0.5) is 11.8 Å². The molecule has 0 amide bonds. The van der Waals surface area contributed by atoms with E-state index in [0.29, 0.717) is 5.95 Å². The zero-order chi connectivity index (χ0) is 24.8. The third-order valence-corrected chi connectivity index (χ3v) is 6.92. The molecule has 2 aliphatic rings. The zero-order valence-electron chi connectivity index (χ0n) is 21.2. The number of fused-ring (bicyclic) bond motifs is 3. The minimum absolute atomic E-state index is 0.539. The van der Waals surface area contributed by atoms with Crippen molar-refractivity contribution in [1.82, 2.24) is 34.4 Å². The summed E-state index contributed by atoms with van der Waals surface area (Å²) in [7, 11) is 6.05. The number of allylic oxidation sites excluding steroid dienone is 2. The van der Waals surface area contributed by atoms with Crippen molar-refractivity contribution in [2.24, 2.45) is 14.1 Å². The van der Waals surface area contributed by atoms with Gasteiger partial charge < -0.3 is 10.2 Å². The molecule has 0 saturated heterocycles. The quantitative estimate of drug-likeness (QED) is 0.457. The van der Waals surface area contributed by atoms with E-state index in [-0.39, 0.29) is 0 Å². The third kappa shape index (κ3) is 4.08. The van der Waals surface area contributed by atoms with Crippen LogP contribution in [-0.2, 0) is 26.9 Å². The summed E-state index contributed by atoms with van der Waals surface area (Å²) in [4.78, 5) is 11.7. The Morgan fingerprint density at radius 2 is 1.72 bits per heavy atom. The highest BCUT2D eigenvalue weighted by Crippen LogP contribution is 2.40. The van der Waals surface area contributed by atoms with Gasteiger partial charge in [-0.05, 0) is 42.9 Å². The Balaban J connectivity index is 1.38. The topological polar surface area (TPSA) is 76.7 Å². The van der Waals surface area contributed by atoms with Crippen LogP contribution >= 0.6 is 0 Å². The molecule has 3 aromatic heterocycles. The van der Waals surface area contributed by atoms with Gasteiger partial charge in [0.15, 0.2) is 5.82 Å². The highest BCUT2D eigenvalue weighted by atomic mass is 15.3. The van der Waals surface area contributed by atoms with E-state index in [1.165, 1.54) is 16.7 Å². The van der Waals surface area contributed by atoms with E-state index in [4.69, 9.17) is 10.1 Å². The molecule has 4 aromatic rings. The van der Waals surface area contributed by atoms with Crippen LogP contribution in [0.2, 0.25) is 0 Å². The second-order valence-corrected chi connectivity index (χ2v) is 9.74. The molecule has 0 fully saturated rings. The number of hydrogen-bond acceptors (Lipinski definition) is 6. The summed E-state index contributed by atoms with van der Waals surface area (Å²) in [6, 6.07) is 10.7. The van der Waals surface area contributed by atoms with Gasteiger partial charge in [-0.3, -0.25) is 9.36 Å². The summed E-state index contributed by atoms with van der Waals surface area (Å²) in [6.07, 6.45) is 11.2. The molecule has 1 aromatic carbocycles. The average molecular weight is 479 g/mol. The van der Waals surface area contributed by atoms with Gasteiger partial charge in [-0.2, -0.15) is 10.2 Å². The number of rotatable bonds is 4. The van der Waals surface area contributed by atoms with Gasteiger partial charge >= 0.3 is 0 Å². The fraction of sp³-hybridized carbons (Fsp3) is 0.286. The molecule has 0 bridgehead atoms. The van der Waals surface area contributed by atoms with E-state index < -0.39 is 0 Å². The normalized spacial score (nSPS) is 15.1. The first-order valence-corrected chi connectivity index (χ1v) is 12.3. The van der Waals surface area contributed by atoms with E-state index >= 15 is 0 Å². The van der Waals surface area contributed by atoms with Crippen molar-refractivity contribution in [2.45, 2.75) is 26.2 Å². The number of hydrogen-bond donors (Lipinski definition) is 1. The van der Waals surface area contributed by atoms with E-state index in [2.05, 4.69) is 70.8 Å². The molecule has 1 N–H and O–H groups in total. The van der Waals surface area contributed by atoms with Crippen LogP contribution in [0.3, 0.4) is 0 Å². The highest BCUT2D eigenvalue weighted by molar-refractivity contribution is 5.85. The summed E-state index contributed by atoms with van der Waals surface area (Å²) in [6.45, 7) is 3.25. The number of nitrogens with zero attached hydrogens (tertiary/aromatic N) is 7. The van der Waals surface area contributed by atoms with Crippen molar-refractivity contribution in [1.29, 1.82) is 0 Å². The maximum Gasteiger partial charge on any atom is 0.228 e. The second kappa shape index (κ2) is 8.78. The lowest BCUT2D eigenvalue weighted by Crippen LogP contribution is -2.11. The molecule has 36 heavy (non-hydrogen) atoms. The van der Waals surface area contributed by atoms with Crippen LogP contribution in [-0.4, -0.2) is 48.0 Å². The first-order chi connectivity index (χ1) is 17.4. The molecule has 1 aliphatic heterocycles. The van der Waals surface area contributed by atoms with E-state index in [1.54, 1.807) is 4.68 Å². The molecule has 0 radical (unpaired) electrons. The minimum Gasteiger partial charge on any atom is -0.380 e. The largest absolute Gasteiger partial charge is 0.380 e. The summed E-state index contributed by atoms with van der Waals surface area (Å²) in [5.41, 5.74) is 10.3. The Morgan fingerprint density at radius 3 is 2.50 bits per heavy atom. The number of aromatic nitrogens is 6. The lowest BCUT2D eigenvalue weighted by Gasteiger charge is -2.17. The molecule has 1 aliphatic carbocycles. The molecular weight excluding hydrogens is 448 g/mol. The SMILES string of the molecule is CC1=CC(c2ccc(-c3c4c(nn3C)CCc3cnc(Nc5ccn(C)n5)nc3-4)cc2)=CN(C)CC1. The van der Waals surface area contributed by atoms with Crippen LogP contribution in [0, 0.1) is 0 Å². The van der Waals surface area contributed by atoms with Gasteiger partial charge in [0.1, 0.15) is 0 Å². The lowest BCUT2D eigenvalue weighted by atomic mass is 9.91. The van der Waals surface area contributed by atoms with Crippen molar-refractivity contribution in [3.63, 3.8) is 0 Å². The molecule has 4 heterocycles. The number of anilines is 2. The van der Waals surface area contributed by atoms with Crippen LogP contribution in [0.1, 0.15) is 30.2 Å². The van der Waals surface area contributed by atoms with E-state index in [9.17, 15) is 0 Å². The highest BCUT2D eigenvalue weighted by Gasteiger charge is 2.27. The smallest absolute Gasteiger partial charge is 0.228 e. The molecule has 182 valence electrons. The van der Waals surface area contributed by atoms with E-state index in [1.807, 2.05) is 37.2 Å². The number of aryl methyl sites for hydroxylation is 4. The van der Waals surface area contributed by atoms with Crippen LogP contribution in [0.5, 0.6) is 0 Å². The fourth-order valence-corrected chi connectivity index (χ4v) is 5.06. The molecule has 0 atom stereocenters. The zero-order valence-corrected chi connectivity index (χ0v) is 21.2. The van der Waals surface area contributed by atoms with Crippen LogP contribution in [0.15, 0.2) is 60.6 Å². The van der Waals surface area contributed by atoms with Gasteiger partial charge in [-0.1, -0.05) is 35.9 Å². The molecule has 0 unspecified atom stereocenters. The van der Waals surface area contributed by atoms with Gasteiger partial charge in [0.05, 0.1) is 17.1 Å². The predicted molar refractivity (Wildman–Crippen MR) is 143 cm³/mol. The molecule has 8 nitrogen and oxygen atoms in total. The van der Waals surface area contributed by atoms with Crippen molar-refractivity contribution < 1.29 is 0 Å². The Labute approximate surface area is 211 Å². The Bertz CT molecular complexity index is 1500. The molecule has 0 saturated carbocycles. The third-order valence-electron chi connectivity index (χ3n) is 6.92. The Kier molecular flexibility index (Phi) is 5.44. The summed E-state index contributed by atoms with van der Waals surface area (Å²) < 4.78 is 3.74. The Hall–Kier alpha value is -4.20. The van der Waals surface area contributed by atoms with Crippen molar-refractivity contribution in [2.75, 3.05) is 18.9 Å². The number of benzene rings is 1. The maximum atomic E-state index is 4.93. The Morgan fingerprint density at radius 1 is 0.917 bits per heavy atom. The van der Waals surface area contributed by atoms with Gasteiger partial charge in [0.2, 0.25) is 5.95 Å².